The summed E-state index contributed by atoms with van der Waals surface area (Å²) in [7, 11) is -3.69. The second kappa shape index (κ2) is 11.2. The Labute approximate surface area is 206 Å². The van der Waals surface area contributed by atoms with Crippen LogP contribution in [0.4, 0.5) is 5.69 Å². The van der Waals surface area contributed by atoms with E-state index < -0.39 is 10.0 Å². The highest BCUT2D eigenvalue weighted by molar-refractivity contribution is 7.92. The third-order valence-corrected chi connectivity index (χ3v) is 7.54. The van der Waals surface area contributed by atoms with Crippen molar-refractivity contribution in [3.63, 3.8) is 0 Å². The molecule has 0 spiro atoms. The van der Waals surface area contributed by atoms with Crippen LogP contribution in [-0.2, 0) is 21.2 Å². The van der Waals surface area contributed by atoms with Crippen molar-refractivity contribution in [2.75, 3.05) is 24.4 Å². The van der Waals surface area contributed by atoms with Gasteiger partial charge in [-0.2, -0.15) is 0 Å². The van der Waals surface area contributed by atoms with Crippen LogP contribution in [0.3, 0.4) is 0 Å². The molecular formula is C27H29N3O4S. The molecule has 0 radical (unpaired) electrons. The molecule has 3 aromatic rings. The first kappa shape index (κ1) is 24.5. The molecule has 2 amide bonds. The number of benzene rings is 3. The van der Waals surface area contributed by atoms with Crippen LogP contribution >= 0.6 is 0 Å². The number of carbonyl (C=O) groups excluding carboxylic acids is 2. The summed E-state index contributed by atoms with van der Waals surface area (Å²) in [6.45, 7) is 1.62. The van der Waals surface area contributed by atoms with Crippen LogP contribution < -0.4 is 10.0 Å². The van der Waals surface area contributed by atoms with Crippen LogP contribution in [0.2, 0.25) is 0 Å². The molecule has 182 valence electrons. The molecule has 0 bridgehead atoms. The summed E-state index contributed by atoms with van der Waals surface area (Å²) in [5, 5.41) is 3.01. The summed E-state index contributed by atoms with van der Waals surface area (Å²) in [4.78, 5) is 27.3. The van der Waals surface area contributed by atoms with E-state index in [2.05, 4.69) is 10.0 Å². The van der Waals surface area contributed by atoms with E-state index in [1.165, 1.54) is 17.7 Å². The second-order valence-corrected chi connectivity index (χ2v) is 10.3. The summed E-state index contributed by atoms with van der Waals surface area (Å²) < 4.78 is 27.5. The van der Waals surface area contributed by atoms with E-state index in [0.717, 1.165) is 6.42 Å². The third kappa shape index (κ3) is 6.48. The fourth-order valence-corrected chi connectivity index (χ4v) is 5.22. The van der Waals surface area contributed by atoms with Gasteiger partial charge in [-0.1, -0.05) is 48.5 Å². The molecule has 8 heteroatoms. The molecule has 2 N–H and O–H groups in total. The molecule has 4 rings (SSSR count). The monoisotopic (exact) mass is 491 g/mol. The lowest BCUT2D eigenvalue weighted by Gasteiger charge is -2.31. The van der Waals surface area contributed by atoms with Crippen molar-refractivity contribution in [2.24, 2.45) is 5.92 Å². The maximum Gasteiger partial charge on any atom is 0.261 e. The van der Waals surface area contributed by atoms with Gasteiger partial charge in [-0.25, -0.2) is 8.42 Å². The van der Waals surface area contributed by atoms with Crippen LogP contribution in [0.5, 0.6) is 0 Å². The van der Waals surface area contributed by atoms with Gasteiger partial charge in [-0.05, 0) is 61.2 Å². The topological polar surface area (TPSA) is 95.6 Å². The Morgan fingerprint density at radius 3 is 2.06 bits per heavy atom. The average molecular weight is 492 g/mol. The SMILES string of the molecule is O=C(NCCc1ccccc1)C1CCN(C(=O)c2ccc(NS(=O)(=O)c3ccccc3)cc2)CC1. The summed E-state index contributed by atoms with van der Waals surface area (Å²) in [5.74, 6) is -0.168. The van der Waals surface area contributed by atoms with Crippen molar-refractivity contribution in [3.8, 4) is 0 Å². The van der Waals surface area contributed by atoms with Crippen molar-refractivity contribution < 1.29 is 18.0 Å². The van der Waals surface area contributed by atoms with E-state index in [-0.39, 0.29) is 22.6 Å². The number of hydrogen-bond acceptors (Lipinski definition) is 4. The molecule has 0 aromatic heterocycles. The van der Waals surface area contributed by atoms with Gasteiger partial charge in [0.1, 0.15) is 0 Å². The van der Waals surface area contributed by atoms with Gasteiger partial charge in [-0.15, -0.1) is 0 Å². The molecule has 1 aliphatic rings. The van der Waals surface area contributed by atoms with Crippen molar-refractivity contribution in [1.29, 1.82) is 0 Å². The molecule has 35 heavy (non-hydrogen) atoms. The predicted molar refractivity (Wildman–Crippen MR) is 135 cm³/mol. The zero-order chi connectivity index (χ0) is 24.7. The van der Waals surface area contributed by atoms with Gasteiger partial charge in [0.2, 0.25) is 5.91 Å². The molecule has 7 nitrogen and oxygen atoms in total. The number of nitrogens with one attached hydrogen (secondary N) is 2. The van der Waals surface area contributed by atoms with Crippen molar-refractivity contribution in [2.45, 2.75) is 24.2 Å². The van der Waals surface area contributed by atoms with Gasteiger partial charge in [0.15, 0.2) is 0 Å². The molecule has 3 aromatic carbocycles. The maximum atomic E-state index is 12.9. The highest BCUT2D eigenvalue weighted by Crippen LogP contribution is 2.21. The standard InChI is InChI=1S/C27H29N3O4S/c31-26(28-18-15-21-7-3-1-4-8-21)22-16-19-30(20-17-22)27(32)23-11-13-24(14-12-23)29-35(33,34)25-9-5-2-6-10-25/h1-14,22,29H,15-20H2,(H,28,31). The fraction of sp³-hybridized carbons (Fsp3) is 0.259. The Morgan fingerprint density at radius 1 is 0.829 bits per heavy atom. The minimum atomic E-state index is -3.69. The normalized spacial score (nSPS) is 14.3. The minimum absolute atomic E-state index is 0.0445. The molecular weight excluding hydrogens is 462 g/mol. The molecule has 1 aliphatic heterocycles. The first-order valence-corrected chi connectivity index (χ1v) is 13.2. The van der Waals surface area contributed by atoms with Crippen molar-refractivity contribution in [3.05, 3.63) is 96.1 Å². The number of rotatable bonds is 8. The zero-order valence-corrected chi connectivity index (χ0v) is 20.2. The predicted octanol–water partition coefficient (Wildman–Crippen LogP) is 3.70. The van der Waals surface area contributed by atoms with Gasteiger partial charge in [0.25, 0.3) is 15.9 Å². The van der Waals surface area contributed by atoms with Crippen molar-refractivity contribution >= 4 is 27.5 Å². The van der Waals surface area contributed by atoms with E-state index in [4.69, 9.17) is 0 Å². The summed E-state index contributed by atoms with van der Waals surface area (Å²) >= 11 is 0. The molecule has 0 aliphatic carbocycles. The highest BCUT2D eigenvalue weighted by Gasteiger charge is 2.27. The van der Waals surface area contributed by atoms with Crippen LogP contribution in [-0.4, -0.2) is 44.8 Å². The zero-order valence-electron chi connectivity index (χ0n) is 19.4. The number of hydrogen-bond donors (Lipinski definition) is 2. The molecule has 0 saturated carbocycles. The number of amides is 2. The van der Waals surface area contributed by atoms with Crippen LogP contribution in [0.25, 0.3) is 0 Å². The first-order chi connectivity index (χ1) is 16.9. The summed E-state index contributed by atoms with van der Waals surface area (Å²) in [6.07, 6.45) is 2.04. The van der Waals surface area contributed by atoms with E-state index in [1.807, 2.05) is 30.3 Å². The molecule has 1 fully saturated rings. The van der Waals surface area contributed by atoms with Crippen molar-refractivity contribution in [1.82, 2.24) is 10.2 Å². The third-order valence-electron chi connectivity index (χ3n) is 6.15. The van der Waals surface area contributed by atoms with E-state index in [9.17, 15) is 18.0 Å². The largest absolute Gasteiger partial charge is 0.356 e. The summed E-state index contributed by atoms with van der Waals surface area (Å²) in [5.41, 5.74) is 2.06. The summed E-state index contributed by atoms with van der Waals surface area (Å²) in [6, 6.07) is 24.5. The van der Waals surface area contributed by atoms with Crippen LogP contribution in [0, 0.1) is 5.92 Å². The lowest BCUT2D eigenvalue weighted by Crippen LogP contribution is -2.43. The Balaban J connectivity index is 1.25. The van der Waals surface area contributed by atoms with E-state index in [0.29, 0.717) is 43.7 Å². The average Bonchev–Trinajstić information content (AvgIpc) is 2.90. The molecule has 1 heterocycles. The van der Waals surface area contributed by atoms with Gasteiger partial charge in [0, 0.05) is 36.8 Å². The minimum Gasteiger partial charge on any atom is -0.356 e. The number of carbonyl (C=O) groups is 2. The first-order valence-electron chi connectivity index (χ1n) is 11.7. The van der Waals surface area contributed by atoms with E-state index in [1.54, 1.807) is 47.4 Å². The lowest BCUT2D eigenvalue weighted by molar-refractivity contribution is -0.126. The Kier molecular flexibility index (Phi) is 7.82. The number of sulfonamides is 1. The van der Waals surface area contributed by atoms with Crippen LogP contribution in [0.1, 0.15) is 28.8 Å². The Bertz CT molecular complexity index is 1240. The Hall–Kier alpha value is -3.65. The maximum absolute atomic E-state index is 12.9. The van der Waals surface area contributed by atoms with Crippen LogP contribution in [0.15, 0.2) is 89.8 Å². The molecule has 0 atom stereocenters. The number of anilines is 1. The fourth-order valence-electron chi connectivity index (χ4n) is 4.14. The quantitative estimate of drug-likeness (QED) is 0.502. The number of nitrogens with zero attached hydrogens (tertiary/aromatic N) is 1. The smallest absolute Gasteiger partial charge is 0.261 e. The molecule has 1 saturated heterocycles. The molecule has 0 unspecified atom stereocenters. The Morgan fingerprint density at radius 2 is 1.43 bits per heavy atom. The van der Waals surface area contributed by atoms with Gasteiger partial charge >= 0.3 is 0 Å². The van der Waals surface area contributed by atoms with Gasteiger partial charge in [-0.3, -0.25) is 14.3 Å². The van der Waals surface area contributed by atoms with Gasteiger partial charge in [0.05, 0.1) is 4.90 Å². The lowest BCUT2D eigenvalue weighted by atomic mass is 9.95. The van der Waals surface area contributed by atoms with Gasteiger partial charge < -0.3 is 10.2 Å². The second-order valence-electron chi connectivity index (χ2n) is 8.59. The number of likely N-dealkylation sites (tertiary alicyclic amines) is 1. The van der Waals surface area contributed by atoms with E-state index >= 15 is 0 Å². The highest BCUT2D eigenvalue weighted by atomic mass is 32.2. The number of piperidine rings is 1.